The van der Waals surface area contributed by atoms with Gasteiger partial charge in [-0.25, -0.2) is 0 Å². The van der Waals surface area contributed by atoms with Crippen LogP contribution in [0.2, 0.25) is 0 Å². The van der Waals surface area contributed by atoms with E-state index in [0.717, 1.165) is 11.5 Å². The van der Waals surface area contributed by atoms with E-state index in [0.29, 0.717) is 19.4 Å². The van der Waals surface area contributed by atoms with Gasteiger partial charge in [-0.3, -0.25) is 9.59 Å². The van der Waals surface area contributed by atoms with Gasteiger partial charge in [0.15, 0.2) is 0 Å². The monoisotopic (exact) mass is 295 g/mol. The molecule has 0 radical (unpaired) electrons. The van der Waals surface area contributed by atoms with Crippen molar-refractivity contribution in [2.75, 3.05) is 18.1 Å². The summed E-state index contributed by atoms with van der Waals surface area (Å²) < 4.78 is 0. The quantitative estimate of drug-likeness (QED) is 0.478. The maximum absolute atomic E-state index is 11.2. The molecule has 4 nitrogen and oxygen atoms in total. The molecule has 0 aromatic heterocycles. The van der Waals surface area contributed by atoms with E-state index < -0.39 is 5.97 Å². The summed E-state index contributed by atoms with van der Waals surface area (Å²) in [5.74, 6) is 1.13. The molecule has 0 aromatic carbocycles. The first-order valence-electron chi connectivity index (χ1n) is 6.39. The van der Waals surface area contributed by atoms with Crippen LogP contribution in [0, 0.1) is 0 Å². The van der Waals surface area contributed by atoms with Crippen LogP contribution >= 0.6 is 21.6 Å². The van der Waals surface area contributed by atoms with E-state index in [1.807, 2.05) is 24.6 Å². The standard InChI is InChI=1S/C10H19NO3S2.C2H6/c1-2-7-15-16-8-6-11-9(12)4-3-5-10(13)14;1-2/h2-8H2,1H3,(H,11,12)(H,13,14);1-2H3. The lowest BCUT2D eigenvalue weighted by Gasteiger charge is -2.03. The van der Waals surface area contributed by atoms with Crippen molar-refractivity contribution in [2.45, 2.75) is 46.5 Å². The van der Waals surface area contributed by atoms with Crippen LogP contribution in [0.15, 0.2) is 0 Å². The number of amides is 1. The maximum Gasteiger partial charge on any atom is 0.303 e. The minimum atomic E-state index is -0.848. The van der Waals surface area contributed by atoms with Crippen molar-refractivity contribution >= 4 is 33.5 Å². The third-order valence-corrected chi connectivity index (χ3v) is 4.29. The molecular weight excluding hydrogens is 270 g/mol. The second-order valence-electron chi connectivity index (χ2n) is 3.24. The van der Waals surface area contributed by atoms with Crippen molar-refractivity contribution in [2.24, 2.45) is 0 Å². The topological polar surface area (TPSA) is 66.4 Å². The van der Waals surface area contributed by atoms with Crippen LogP contribution in [0.25, 0.3) is 0 Å². The molecule has 0 rings (SSSR count). The summed E-state index contributed by atoms with van der Waals surface area (Å²) >= 11 is 0. The first-order chi connectivity index (χ1) is 8.66. The summed E-state index contributed by atoms with van der Waals surface area (Å²) in [6, 6.07) is 0. The van der Waals surface area contributed by atoms with Gasteiger partial charge in [-0.2, -0.15) is 0 Å². The van der Waals surface area contributed by atoms with E-state index >= 15 is 0 Å². The fourth-order valence-electron chi connectivity index (χ4n) is 0.922. The van der Waals surface area contributed by atoms with Gasteiger partial charge in [-0.1, -0.05) is 42.4 Å². The van der Waals surface area contributed by atoms with Crippen LogP contribution in [0.4, 0.5) is 0 Å². The molecular formula is C12H25NO3S2. The summed E-state index contributed by atoms with van der Waals surface area (Å²) in [7, 11) is 3.57. The van der Waals surface area contributed by atoms with E-state index in [-0.39, 0.29) is 12.3 Å². The molecule has 1 amide bonds. The molecule has 0 unspecified atom stereocenters. The van der Waals surface area contributed by atoms with E-state index in [2.05, 4.69) is 12.2 Å². The second kappa shape index (κ2) is 16.6. The Hall–Kier alpha value is -0.360. The Balaban J connectivity index is 0. The van der Waals surface area contributed by atoms with Gasteiger partial charge in [0.1, 0.15) is 0 Å². The van der Waals surface area contributed by atoms with Crippen LogP contribution in [-0.4, -0.2) is 35.0 Å². The summed E-state index contributed by atoms with van der Waals surface area (Å²) in [6.45, 7) is 6.80. The Kier molecular flexibility index (Phi) is 18.5. The predicted molar refractivity (Wildman–Crippen MR) is 81.1 cm³/mol. The molecule has 0 aliphatic heterocycles. The van der Waals surface area contributed by atoms with Crippen LogP contribution in [0.5, 0.6) is 0 Å². The highest BCUT2D eigenvalue weighted by atomic mass is 33.1. The van der Waals surface area contributed by atoms with Gasteiger partial charge in [0.2, 0.25) is 5.91 Å². The fourth-order valence-corrected chi connectivity index (χ4v) is 2.97. The highest BCUT2D eigenvalue weighted by Gasteiger charge is 2.02. The Bertz CT molecular complexity index is 213. The average Bonchev–Trinajstić information content (AvgIpc) is 2.35. The predicted octanol–water partition coefficient (Wildman–Crippen LogP) is 3.18. The lowest BCUT2D eigenvalue weighted by Crippen LogP contribution is -2.25. The van der Waals surface area contributed by atoms with Crippen molar-refractivity contribution < 1.29 is 14.7 Å². The zero-order valence-corrected chi connectivity index (χ0v) is 13.2. The molecule has 0 saturated carbocycles. The lowest BCUT2D eigenvalue weighted by molar-refractivity contribution is -0.137. The molecule has 0 aliphatic carbocycles. The number of hydrogen-bond acceptors (Lipinski definition) is 4. The largest absolute Gasteiger partial charge is 0.481 e. The zero-order chi connectivity index (χ0) is 14.2. The van der Waals surface area contributed by atoms with Gasteiger partial charge in [-0.05, 0) is 12.8 Å². The summed E-state index contributed by atoms with van der Waals surface area (Å²) in [4.78, 5) is 21.4. The highest BCUT2D eigenvalue weighted by molar-refractivity contribution is 8.76. The Morgan fingerprint density at radius 2 is 1.72 bits per heavy atom. The van der Waals surface area contributed by atoms with Gasteiger partial charge < -0.3 is 10.4 Å². The van der Waals surface area contributed by atoms with Crippen LogP contribution < -0.4 is 5.32 Å². The Morgan fingerprint density at radius 1 is 1.11 bits per heavy atom. The van der Waals surface area contributed by atoms with Crippen molar-refractivity contribution in [3.8, 4) is 0 Å². The fraction of sp³-hybridized carbons (Fsp3) is 0.833. The number of hydrogen-bond donors (Lipinski definition) is 2. The summed E-state index contributed by atoms with van der Waals surface area (Å²) in [6.07, 6.45) is 1.95. The van der Waals surface area contributed by atoms with Gasteiger partial charge >= 0.3 is 5.97 Å². The molecule has 0 fully saturated rings. The van der Waals surface area contributed by atoms with Gasteiger partial charge in [0.05, 0.1) is 0 Å². The Labute approximate surface area is 118 Å². The summed E-state index contributed by atoms with van der Waals surface area (Å²) in [5, 5.41) is 11.2. The van der Waals surface area contributed by atoms with Crippen LogP contribution in [-0.2, 0) is 9.59 Å². The van der Waals surface area contributed by atoms with E-state index in [9.17, 15) is 9.59 Å². The van der Waals surface area contributed by atoms with Gasteiger partial charge in [-0.15, -0.1) is 0 Å². The molecule has 2 N–H and O–H groups in total. The third kappa shape index (κ3) is 18.0. The molecule has 0 aromatic rings. The lowest BCUT2D eigenvalue weighted by atomic mass is 10.2. The van der Waals surface area contributed by atoms with E-state index in [1.54, 1.807) is 10.8 Å². The second-order valence-corrected chi connectivity index (χ2v) is 5.94. The SMILES string of the molecule is CC.CCCSSCCNC(=O)CCCC(=O)O. The third-order valence-electron chi connectivity index (χ3n) is 1.67. The van der Waals surface area contributed by atoms with E-state index in [1.165, 1.54) is 6.42 Å². The molecule has 0 spiro atoms. The first kappa shape index (κ1) is 20.0. The first-order valence-corrected chi connectivity index (χ1v) is 8.88. The number of aliphatic carboxylic acids is 1. The highest BCUT2D eigenvalue weighted by Crippen LogP contribution is 2.20. The smallest absolute Gasteiger partial charge is 0.303 e. The summed E-state index contributed by atoms with van der Waals surface area (Å²) in [5.41, 5.74) is 0. The molecule has 0 saturated heterocycles. The number of carbonyl (C=O) groups is 2. The van der Waals surface area contributed by atoms with Crippen molar-refractivity contribution in [3.63, 3.8) is 0 Å². The zero-order valence-electron chi connectivity index (χ0n) is 11.5. The maximum atomic E-state index is 11.2. The molecule has 0 atom stereocenters. The minimum absolute atomic E-state index is 0.0534. The number of nitrogens with one attached hydrogen (secondary N) is 1. The number of carbonyl (C=O) groups excluding carboxylic acids is 1. The average molecular weight is 295 g/mol. The molecule has 0 heterocycles. The van der Waals surface area contributed by atoms with Crippen molar-refractivity contribution in [1.82, 2.24) is 5.32 Å². The van der Waals surface area contributed by atoms with Gasteiger partial charge in [0.25, 0.3) is 0 Å². The van der Waals surface area contributed by atoms with E-state index in [4.69, 9.17) is 5.11 Å². The van der Waals surface area contributed by atoms with Crippen LogP contribution in [0.3, 0.4) is 0 Å². The molecule has 6 heteroatoms. The number of rotatable bonds is 10. The van der Waals surface area contributed by atoms with Gasteiger partial charge in [0, 0.05) is 30.9 Å². The molecule has 0 aliphatic rings. The van der Waals surface area contributed by atoms with Crippen LogP contribution in [0.1, 0.15) is 46.5 Å². The minimum Gasteiger partial charge on any atom is -0.481 e. The normalized spacial score (nSPS) is 9.28. The molecule has 0 bridgehead atoms. The number of carboxylic acid groups (broad SMARTS) is 1. The van der Waals surface area contributed by atoms with Crippen molar-refractivity contribution in [3.05, 3.63) is 0 Å². The van der Waals surface area contributed by atoms with Crippen molar-refractivity contribution in [1.29, 1.82) is 0 Å². The molecule has 108 valence electrons. The Morgan fingerprint density at radius 3 is 2.28 bits per heavy atom. The number of carboxylic acids is 1. The molecule has 18 heavy (non-hydrogen) atoms.